The van der Waals surface area contributed by atoms with E-state index >= 15 is 0 Å². The van der Waals surface area contributed by atoms with E-state index in [2.05, 4.69) is 0 Å². The molecule has 3 heteroatoms. The summed E-state index contributed by atoms with van der Waals surface area (Å²) in [4.78, 5) is 1.89. The number of hydrogen-bond donors (Lipinski definition) is 0. The van der Waals surface area contributed by atoms with Crippen molar-refractivity contribution in [2.45, 2.75) is 0 Å². The lowest BCUT2D eigenvalue weighted by Gasteiger charge is -2.11. The maximum atomic E-state index is 12.7. The number of nitrogens with zero attached hydrogens (tertiary/aromatic N) is 1. The SMILES string of the molecule is CN(C)c1ccc(C(F)=CF)cc1. The van der Waals surface area contributed by atoms with Gasteiger partial charge in [0.25, 0.3) is 0 Å². The van der Waals surface area contributed by atoms with E-state index in [1.165, 1.54) is 0 Å². The summed E-state index contributed by atoms with van der Waals surface area (Å²) in [6.07, 6.45) is -0.0370. The van der Waals surface area contributed by atoms with E-state index < -0.39 is 5.83 Å². The van der Waals surface area contributed by atoms with Crippen LogP contribution in [0, 0.1) is 0 Å². The van der Waals surface area contributed by atoms with Crippen molar-refractivity contribution in [3.05, 3.63) is 36.2 Å². The highest BCUT2D eigenvalue weighted by Crippen LogP contribution is 2.19. The van der Waals surface area contributed by atoms with Gasteiger partial charge in [0.05, 0.1) is 0 Å². The molecule has 0 spiro atoms. The van der Waals surface area contributed by atoms with Crippen molar-refractivity contribution in [3.63, 3.8) is 0 Å². The first-order valence-corrected chi connectivity index (χ1v) is 3.89. The van der Waals surface area contributed by atoms with Crippen LogP contribution < -0.4 is 4.90 Å². The van der Waals surface area contributed by atoms with Crippen molar-refractivity contribution in [2.24, 2.45) is 0 Å². The number of halogens is 2. The van der Waals surface area contributed by atoms with E-state index in [1.807, 2.05) is 19.0 Å². The average Bonchev–Trinajstić information content (AvgIpc) is 2.17. The number of anilines is 1. The second kappa shape index (κ2) is 4.03. The summed E-state index contributed by atoms with van der Waals surface area (Å²) in [5.74, 6) is -0.842. The number of benzene rings is 1. The van der Waals surface area contributed by atoms with Gasteiger partial charge in [0.2, 0.25) is 0 Å². The lowest BCUT2D eigenvalue weighted by molar-refractivity contribution is 0.671. The summed E-state index contributed by atoms with van der Waals surface area (Å²) in [5.41, 5.74) is 1.21. The summed E-state index contributed by atoms with van der Waals surface area (Å²) in [7, 11) is 3.77. The molecule has 0 aromatic heterocycles. The maximum Gasteiger partial charge on any atom is 0.158 e. The molecular weight excluding hydrogens is 172 g/mol. The first kappa shape index (κ1) is 9.71. The summed E-state index contributed by atoms with van der Waals surface area (Å²) in [6.45, 7) is 0. The van der Waals surface area contributed by atoms with E-state index in [4.69, 9.17) is 0 Å². The van der Waals surface area contributed by atoms with Gasteiger partial charge in [-0.2, -0.15) is 0 Å². The van der Waals surface area contributed by atoms with Crippen LogP contribution in [0.15, 0.2) is 30.6 Å². The van der Waals surface area contributed by atoms with Crippen molar-refractivity contribution in [1.29, 1.82) is 0 Å². The lowest BCUT2D eigenvalue weighted by atomic mass is 10.2. The predicted octanol–water partition coefficient (Wildman–Crippen LogP) is 2.99. The van der Waals surface area contributed by atoms with E-state index in [0.29, 0.717) is 0 Å². The molecule has 1 rings (SSSR count). The Bertz CT molecular complexity index is 301. The summed E-state index contributed by atoms with van der Waals surface area (Å²) in [6, 6.07) is 6.55. The molecule has 1 nitrogen and oxygen atoms in total. The predicted molar refractivity (Wildman–Crippen MR) is 51.0 cm³/mol. The fourth-order valence-corrected chi connectivity index (χ4v) is 0.982. The Labute approximate surface area is 76.3 Å². The van der Waals surface area contributed by atoms with Gasteiger partial charge in [-0.05, 0) is 24.3 Å². The molecule has 70 valence electrons. The minimum atomic E-state index is -0.842. The van der Waals surface area contributed by atoms with Crippen LogP contribution >= 0.6 is 0 Å². The summed E-state index contributed by atoms with van der Waals surface area (Å²) < 4.78 is 24.5. The van der Waals surface area contributed by atoms with Gasteiger partial charge in [0.15, 0.2) is 5.83 Å². The molecular formula is C10H11F2N. The molecule has 13 heavy (non-hydrogen) atoms. The van der Waals surface area contributed by atoms with Gasteiger partial charge < -0.3 is 4.90 Å². The molecule has 0 aliphatic heterocycles. The van der Waals surface area contributed by atoms with E-state index in [0.717, 1.165) is 5.69 Å². The largest absolute Gasteiger partial charge is 0.378 e. The van der Waals surface area contributed by atoms with Crippen molar-refractivity contribution in [1.82, 2.24) is 0 Å². The third-order valence-electron chi connectivity index (χ3n) is 1.76. The van der Waals surface area contributed by atoms with Crippen LogP contribution in [0.3, 0.4) is 0 Å². The molecule has 0 amide bonds. The van der Waals surface area contributed by atoms with Gasteiger partial charge in [0.1, 0.15) is 6.33 Å². The highest BCUT2D eigenvalue weighted by atomic mass is 19.2. The van der Waals surface area contributed by atoms with Crippen molar-refractivity contribution >= 4 is 11.5 Å². The van der Waals surface area contributed by atoms with Crippen molar-refractivity contribution in [2.75, 3.05) is 19.0 Å². The smallest absolute Gasteiger partial charge is 0.158 e. The minimum absolute atomic E-state index is 0.0370. The number of rotatable bonds is 2. The molecule has 0 aliphatic carbocycles. The zero-order valence-corrected chi connectivity index (χ0v) is 7.59. The third-order valence-corrected chi connectivity index (χ3v) is 1.76. The Morgan fingerprint density at radius 3 is 2.15 bits per heavy atom. The van der Waals surface area contributed by atoms with Gasteiger partial charge in [-0.15, -0.1) is 0 Å². The maximum absolute atomic E-state index is 12.7. The molecule has 1 aromatic rings. The van der Waals surface area contributed by atoms with Crippen molar-refractivity contribution < 1.29 is 8.78 Å². The van der Waals surface area contributed by atoms with Crippen LogP contribution in [0.2, 0.25) is 0 Å². The molecule has 0 radical (unpaired) electrons. The van der Waals surface area contributed by atoms with Crippen LogP contribution in [-0.4, -0.2) is 14.1 Å². The Balaban J connectivity index is 2.94. The van der Waals surface area contributed by atoms with Crippen LogP contribution in [0.1, 0.15) is 5.56 Å². The summed E-state index contributed by atoms with van der Waals surface area (Å²) >= 11 is 0. The fourth-order valence-electron chi connectivity index (χ4n) is 0.982. The van der Waals surface area contributed by atoms with E-state index in [1.54, 1.807) is 24.3 Å². The number of hydrogen-bond acceptors (Lipinski definition) is 1. The average molecular weight is 183 g/mol. The quantitative estimate of drug-likeness (QED) is 0.681. The van der Waals surface area contributed by atoms with Crippen LogP contribution in [0.4, 0.5) is 14.5 Å². The first-order valence-electron chi connectivity index (χ1n) is 3.89. The second-order valence-corrected chi connectivity index (χ2v) is 2.90. The van der Waals surface area contributed by atoms with E-state index in [9.17, 15) is 8.78 Å². The Hall–Kier alpha value is -1.38. The monoisotopic (exact) mass is 183 g/mol. The van der Waals surface area contributed by atoms with Gasteiger partial charge >= 0.3 is 0 Å². The highest BCUT2D eigenvalue weighted by Gasteiger charge is 2.00. The normalized spacial score (nSPS) is 11.5. The van der Waals surface area contributed by atoms with Gasteiger partial charge in [-0.25, -0.2) is 8.78 Å². The Morgan fingerprint density at radius 2 is 1.77 bits per heavy atom. The van der Waals surface area contributed by atoms with Crippen LogP contribution in [0.5, 0.6) is 0 Å². The molecule has 0 fully saturated rings. The molecule has 0 N–H and O–H groups in total. The highest BCUT2D eigenvalue weighted by molar-refractivity contribution is 5.61. The molecule has 0 atom stereocenters. The molecule has 0 aliphatic rings. The van der Waals surface area contributed by atoms with Crippen molar-refractivity contribution in [3.8, 4) is 0 Å². The van der Waals surface area contributed by atoms with Gasteiger partial charge in [0, 0.05) is 25.3 Å². The van der Waals surface area contributed by atoms with Crippen LogP contribution in [-0.2, 0) is 0 Å². The van der Waals surface area contributed by atoms with Crippen LogP contribution in [0.25, 0.3) is 5.83 Å². The third kappa shape index (κ3) is 2.28. The minimum Gasteiger partial charge on any atom is -0.378 e. The fraction of sp³-hybridized carbons (Fsp3) is 0.200. The van der Waals surface area contributed by atoms with Gasteiger partial charge in [-0.3, -0.25) is 0 Å². The standard InChI is InChI=1S/C10H11F2N/c1-13(2)9-5-3-8(4-6-9)10(12)7-11/h3-7H,1-2H3. The summed E-state index contributed by atoms with van der Waals surface area (Å²) in [5, 5.41) is 0. The van der Waals surface area contributed by atoms with Gasteiger partial charge in [-0.1, -0.05) is 0 Å². The zero-order chi connectivity index (χ0) is 9.84. The zero-order valence-electron chi connectivity index (χ0n) is 7.59. The molecule has 0 saturated heterocycles. The lowest BCUT2D eigenvalue weighted by Crippen LogP contribution is -2.07. The molecule has 0 saturated carbocycles. The molecule has 0 bridgehead atoms. The Morgan fingerprint density at radius 1 is 1.23 bits per heavy atom. The second-order valence-electron chi connectivity index (χ2n) is 2.90. The van der Waals surface area contributed by atoms with E-state index in [-0.39, 0.29) is 11.9 Å². The topological polar surface area (TPSA) is 3.24 Å². The molecule has 0 heterocycles. The Kier molecular flexibility index (Phi) is 3.01. The molecule has 1 aromatic carbocycles. The first-order chi connectivity index (χ1) is 6.15. The molecule has 0 unspecified atom stereocenters.